The van der Waals surface area contributed by atoms with Crippen LogP contribution >= 0.6 is 0 Å². The molecule has 0 aliphatic rings. The predicted octanol–water partition coefficient (Wildman–Crippen LogP) is -7.70. The zero-order valence-corrected chi connectivity index (χ0v) is 25.8. The molecule has 23 heteroatoms. The maximum atomic E-state index is 8.89. The number of carboxylic acids is 8. The summed E-state index contributed by atoms with van der Waals surface area (Å²) >= 11 is 0. The molecule has 0 atom stereocenters. The number of aliphatic carboxylic acids is 8. The molecule has 0 heterocycles. The molecule has 0 fully saturated rings. The molecule has 0 radical (unpaired) electrons. The van der Waals surface area contributed by atoms with Crippen molar-refractivity contribution >= 4 is 47.8 Å². The molecular formula is C16H48N6NiO16. The minimum absolute atomic E-state index is 0. The van der Waals surface area contributed by atoms with Crippen LogP contribution in [-0.4, -0.2) is 47.8 Å². The van der Waals surface area contributed by atoms with Crippen molar-refractivity contribution in [2.75, 3.05) is 0 Å². The maximum absolute atomic E-state index is 8.89. The summed E-state index contributed by atoms with van der Waals surface area (Å²) in [5.74, 6) is -8.67. The van der Waals surface area contributed by atoms with Gasteiger partial charge in [0.05, 0.1) is 0 Å². The van der Waals surface area contributed by atoms with Gasteiger partial charge in [0, 0.05) is 47.8 Å². The van der Waals surface area contributed by atoms with Crippen molar-refractivity contribution in [3.05, 3.63) is 0 Å². The van der Waals surface area contributed by atoms with E-state index in [0.717, 1.165) is 55.4 Å². The van der Waals surface area contributed by atoms with Crippen molar-refractivity contribution in [1.82, 2.24) is 36.9 Å². The molecule has 0 bridgehead atoms. The Labute approximate surface area is 236 Å². The number of carbonyl (C=O) groups excluding carboxylic acids is 8. The molecule has 0 spiro atoms. The molecule has 248 valence electrons. The second kappa shape index (κ2) is 92.6. The van der Waals surface area contributed by atoms with Crippen molar-refractivity contribution in [3.63, 3.8) is 0 Å². The monoisotopic (exact) mass is 638 g/mol. The minimum Gasteiger partial charge on any atom is -0.550 e. The molecule has 0 amide bonds. The molecule has 0 saturated carbocycles. The van der Waals surface area contributed by atoms with Gasteiger partial charge in [-0.15, -0.1) is 0 Å². The summed E-state index contributed by atoms with van der Waals surface area (Å²) in [6.45, 7) is 7.78. The fourth-order valence-electron chi connectivity index (χ4n) is 0. The molecule has 39 heavy (non-hydrogen) atoms. The second-order valence-electron chi connectivity index (χ2n) is 3.93. The topological polar surface area (TPSA) is 540 Å². The van der Waals surface area contributed by atoms with Crippen LogP contribution in [0.3, 0.4) is 0 Å². The molecule has 0 aromatic heterocycles. The van der Waals surface area contributed by atoms with Crippen LogP contribution in [0.5, 0.6) is 0 Å². The van der Waals surface area contributed by atoms with Gasteiger partial charge < -0.3 is 116 Å². The first-order chi connectivity index (χ1) is 13.9. The molecule has 0 saturated heterocycles. The Bertz CT molecular complexity index is 391. The van der Waals surface area contributed by atoms with Crippen LogP contribution in [0.25, 0.3) is 0 Å². The van der Waals surface area contributed by atoms with Crippen LogP contribution in [0.4, 0.5) is 0 Å². The third-order valence-electron chi connectivity index (χ3n) is 0. The van der Waals surface area contributed by atoms with E-state index in [2.05, 4.69) is 0 Å². The minimum atomic E-state index is -1.08. The average molecular weight is 639 g/mol. The number of hydrogen-bond acceptors (Lipinski definition) is 16. The molecule has 0 unspecified atom stereocenters. The quantitative estimate of drug-likeness (QED) is 0.134. The first kappa shape index (κ1) is 101. The summed E-state index contributed by atoms with van der Waals surface area (Å²) in [5.41, 5.74) is 0. The fourth-order valence-corrected chi connectivity index (χ4v) is 0. The van der Waals surface area contributed by atoms with Gasteiger partial charge in [0.2, 0.25) is 0 Å². The third kappa shape index (κ3) is 2190. The van der Waals surface area contributed by atoms with E-state index in [1.54, 1.807) is 0 Å². The molecule has 0 rings (SSSR count). The Morgan fingerprint density at radius 1 is 0.256 bits per heavy atom. The van der Waals surface area contributed by atoms with E-state index in [-0.39, 0.29) is 53.4 Å². The van der Waals surface area contributed by atoms with Gasteiger partial charge in [0.25, 0.3) is 0 Å². The fraction of sp³-hybridized carbons (Fsp3) is 0.500. The van der Waals surface area contributed by atoms with Crippen LogP contribution in [0, 0.1) is 0 Å². The van der Waals surface area contributed by atoms with E-state index < -0.39 is 47.8 Å². The largest absolute Gasteiger partial charge is 2.00 e. The normalized spacial score (nSPS) is 5.13. The Morgan fingerprint density at radius 2 is 0.256 bits per heavy atom. The Morgan fingerprint density at radius 3 is 0.256 bits per heavy atom. The molecule has 0 aliphatic heterocycles. The van der Waals surface area contributed by atoms with Crippen LogP contribution in [-0.2, 0) is 54.8 Å². The summed E-state index contributed by atoms with van der Waals surface area (Å²) in [7, 11) is 0. The van der Waals surface area contributed by atoms with Crippen molar-refractivity contribution in [2.24, 2.45) is 0 Å². The molecule has 22 nitrogen and oxygen atoms in total. The van der Waals surface area contributed by atoms with E-state index >= 15 is 0 Å². The summed E-state index contributed by atoms with van der Waals surface area (Å²) in [6.07, 6.45) is 0. The number of quaternary nitrogens is 6. The standard InChI is InChI=1S/8C2H4O2.6H3N.Ni/c8*1-2(3)4;;;;;;;/h8*1H3,(H,3,4);6*1H3;/q;;;;;;;;;;;;;;+2/p-2. The zero-order chi connectivity index (χ0) is 28.6. The Balaban J connectivity index is -0.0000000127. The van der Waals surface area contributed by atoms with Crippen LogP contribution in [0.15, 0.2) is 0 Å². The van der Waals surface area contributed by atoms with E-state index in [4.69, 9.17) is 79.2 Å². The van der Waals surface area contributed by atoms with E-state index in [1.165, 1.54) is 0 Å². The molecule has 0 aromatic rings. The summed E-state index contributed by atoms with van der Waals surface area (Å²) in [5, 5.41) is 71.1. The van der Waals surface area contributed by atoms with Crippen molar-refractivity contribution < 1.29 is 95.7 Å². The number of carboxylic acid groups (broad SMARTS) is 8. The van der Waals surface area contributed by atoms with Gasteiger partial charge in [-0.05, 0) is 55.4 Å². The smallest absolute Gasteiger partial charge is 0.550 e. The van der Waals surface area contributed by atoms with Gasteiger partial charge in [-0.1, -0.05) is 0 Å². The first-order valence-electron chi connectivity index (χ1n) is 7.27. The zero-order valence-electron chi connectivity index (χ0n) is 24.8. The van der Waals surface area contributed by atoms with Crippen LogP contribution in [0.2, 0.25) is 0 Å². The van der Waals surface area contributed by atoms with Crippen LogP contribution < -0.4 is 77.8 Å². The van der Waals surface area contributed by atoms with E-state index in [9.17, 15) is 0 Å². The summed E-state index contributed by atoms with van der Waals surface area (Å²) < 4.78 is 0. The Hall–Kier alpha value is -3.99. The van der Waals surface area contributed by atoms with E-state index in [0.29, 0.717) is 0 Å². The van der Waals surface area contributed by atoms with Crippen molar-refractivity contribution in [3.8, 4) is 0 Å². The van der Waals surface area contributed by atoms with Crippen molar-refractivity contribution in [1.29, 1.82) is 0 Å². The first-order valence-corrected chi connectivity index (χ1v) is 7.27. The molecule has 0 aliphatic carbocycles. The second-order valence-corrected chi connectivity index (χ2v) is 3.93. The van der Waals surface area contributed by atoms with Crippen LogP contribution in [0.1, 0.15) is 55.4 Å². The average Bonchev–Trinajstić information content (AvgIpc) is 2.30. The van der Waals surface area contributed by atoms with Gasteiger partial charge in [-0.25, -0.2) is 0 Å². The summed E-state index contributed by atoms with van der Waals surface area (Å²) in [4.78, 5) is 71.1. The van der Waals surface area contributed by atoms with E-state index in [1.807, 2.05) is 0 Å². The Kier molecular flexibility index (Phi) is 240. The number of carbonyl (C=O) groups is 8. The van der Waals surface area contributed by atoms with Gasteiger partial charge >= 0.3 is 16.5 Å². The molecule has 0 aromatic carbocycles. The number of rotatable bonds is 0. The third-order valence-corrected chi connectivity index (χ3v) is 0. The molecule has 24 N–H and O–H groups in total. The van der Waals surface area contributed by atoms with Gasteiger partial charge in [-0.2, -0.15) is 0 Å². The predicted molar refractivity (Wildman–Crippen MR) is 121 cm³/mol. The summed E-state index contributed by atoms with van der Waals surface area (Å²) in [6, 6.07) is 0. The van der Waals surface area contributed by atoms with Gasteiger partial charge in [-0.3, -0.25) is 0 Å². The number of hydrogen-bond donors (Lipinski definition) is 6. The maximum Gasteiger partial charge on any atom is 2.00 e. The van der Waals surface area contributed by atoms with Gasteiger partial charge in [0.1, 0.15) is 0 Å². The molecular weight excluding hydrogens is 591 g/mol. The van der Waals surface area contributed by atoms with Gasteiger partial charge in [0.15, 0.2) is 0 Å². The SMILES string of the molecule is CC(=O)[O-].CC(=O)[O-].CC(=O)[O-].CC(=O)[O-].CC(=O)[O-].CC(=O)[O-].CC(=O)[O-].CC(=O)[O-].[NH4+].[NH4+].[NH4+].[NH4+].[NH4+].[NH4+].[Ni+2]. The van der Waals surface area contributed by atoms with Crippen molar-refractivity contribution in [2.45, 2.75) is 55.4 Å².